The number of hydrogen-bond acceptors (Lipinski definition) is 2. The zero-order valence-electron chi connectivity index (χ0n) is 6.23. The molecule has 0 saturated carbocycles. The minimum atomic E-state index is -3.09. The van der Waals surface area contributed by atoms with Crippen molar-refractivity contribution in [2.75, 3.05) is 6.26 Å². The van der Waals surface area contributed by atoms with E-state index in [4.69, 9.17) is 0 Å². The fourth-order valence-corrected chi connectivity index (χ4v) is 1.22. The van der Waals surface area contributed by atoms with Crippen LogP contribution in [0.25, 0.3) is 0 Å². The van der Waals surface area contributed by atoms with Crippen LogP contribution in [0, 0.1) is 0 Å². The van der Waals surface area contributed by atoms with Crippen LogP contribution >= 0.6 is 0 Å². The molecule has 0 amide bonds. The topological polar surface area (TPSA) is 43.0 Å². The van der Waals surface area contributed by atoms with Gasteiger partial charge in [0.2, 0.25) is 0 Å². The molecule has 4 nitrogen and oxygen atoms in total. The zero-order chi connectivity index (χ0) is 7.78. The van der Waals surface area contributed by atoms with Crippen molar-refractivity contribution < 1.29 is 25.4 Å². The molecular weight excluding hydrogens is 188 g/mol. The first kappa shape index (κ1) is 10.4. The van der Waals surface area contributed by atoms with Gasteiger partial charge in [-0.3, -0.25) is 0 Å². The predicted octanol–water partition coefficient (Wildman–Crippen LogP) is -3.88. The Bertz CT molecular complexity index is 330. The van der Waals surface area contributed by atoms with Crippen LogP contribution in [0.4, 0.5) is 0 Å². The smallest absolute Gasteiger partial charge is 0.301 e. The Labute approximate surface area is 71.9 Å². The van der Waals surface area contributed by atoms with Gasteiger partial charge >= 0.3 is 10.0 Å². The minimum Gasteiger partial charge on any atom is -1.00 e. The van der Waals surface area contributed by atoms with E-state index in [1.54, 1.807) is 17.8 Å². The second-order valence-corrected chi connectivity index (χ2v) is 4.06. The Kier molecular flexibility index (Phi) is 3.07. The molecule has 1 heterocycles. The number of imidazole rings is 1. The van der Waals surface area contributed by atoms with Gasteiger partial charge in [0.05, 0.1) is 13.3 Å². The van der Waals surface area contributed by atoms with Gasteiger partial charge in [0, 0.05) is 0 Å². The molecule has 1 aromatic rings. The van der Waals surface area contributed by atoms with Gasteiger partial charge in [-0.15, -0.1) is 3.97 Å². The summed E-state index contributed by atoms with van der Waals surface area (Å²) in [7, 11) is -1.32. The van der Waals surface area contributed by atoms with Crippen molar-refractivity contribution in [3.63, 3.8) is 0 Å². The number of hydrogen-bond donors (Lipinski definition) is 0. The first-order valence-electron chi connectivity index (χ1n) is 2.74. The summed E-state index contributed by atoms with van der Waals surface area (Å²) in [6.45, 7) is 0. The lowest BCUT2D eigenvalue weighted by Gasteiger charge is -1.86. The number of aromatic nitrogens is 2. The maximum Gasteiger partial charge on any atom is 0.301 e. The summed E-state index contributed by atoms with van der Waals surface area (Å²) >= 11 is 0. The summed E-state index contributed by atoms with van der Waals surface area (Å²) < 4.78 is 24.4. The SMILES string of the molecule is C[n+]1ccn(S(C)(=O)=O)c1.[Cl-]. The molecule has 6 heteroatoms. The maximum absolute atomic E-state index is 10.8. The van der Waals surface area contributed by atoms with Crippen molar-refractivity contribution in [2.45, 2.75) is 0 Å². The third-order valence-electron chi connectivity index (χ3n) is 1.13. The number of rotatable bonds is 1. The Morgan fingerprint density at radius 3 is 2.18 bits per heavy atom. The van der Waals surface area contributed by atoms with Crippen molar-refractivity contribution >= 4 is 10.0 Å². The standard InChI is InChI=1S/C5H9N2O2S.ClH/c1-6-3-4-7(5-6)10(2,8)9;/h3-5H,1-2H3;1H/q+1;/p-1. The molecule has 0 saturated heterocycles. The molecule has 0 aromatic carbocycles. The van der Waals surface area contributed by atoms with Gasteiger partial charge < -0.3 is 12.4 Å². The van der Waals surface area contributed by atoms with Gasteiger partial charge in [-0.25, -0.2) is 4.57 Å². The third kappa shape index (κ3) is 2.51. The van der Waals surface area contributed by atoms with Gasteiger partial charge in [-0.2, -0.15) is 8.42 Å². The fraction of sp³-hybridized carbons (Fsp3) is 0.400. The zero-order valence-corrected chi connectivity index (χ0v) is 7.80. The van der Waals surface area contributed by atoms with Crippen LogP contribution in [0.2, 0.25) is 0 Å². The van der Waals surface area contributed by atoms with E-state index >= 15 is 0 Å². The van der Waals surface area contributed by atoms with Crippen molar-refractivity contribution in [2.24, 2.45) is 7.05 Å². The molecule has 0 unspecified atom stereocenters. The highest BCUT2D eigenvalue weighted by Crippen LogP contribution is 1.88. The van der Waals surface area contributed by atoms with E-state index < -0.39 is 10.0 Å². The Hall–Kier alpha value is -0.550. The summed E-state index contributed by atoms with van der Waals surface area (Å²) in [5.41, 5.74) is 0. The summed E-state index contributed by atoms with van der Waals surface area (Å²) in [4.78, 5) is 0. The fourth-order valence-electron chi connectivity index (χ4n) is 0.624. The van der Waals surface area contributed by atoms with Gasteiger partial charge in [0.25, 0.3) is 6.33 Å². The van der Waals surface area contributed by atoms with Crippen LogP contribution in [-0.4, -0.2) is 18.6 Å². The average Bonchev–Trinajstić information content (AvgIpc) is 2.11. The largest absolute Gasteiger partial charge is 1.00 e. The monoisotopic (exact) mass is 196 g/mol. The predicted molar refractivity (Wildman–Crippen MR) is 35.8 cm³/mol. The number of nitrogens with zero attached hydrogens (tertiary/aromatic N) is 2. The highest BCUT2D eigenvalue weighted by Gasteiger charge is 2.10. The van der Waals surface area contributed by atoms with Crippen LogP contribution < -0.4 is 17.0 Å². The van der Waals surface area contributed by atoms with Gasteiger partial charge in [0.15, 0.2) is 0 Å². The molecule has 0 spiro atoms. The van der Waals surface area contributed by atoms with Crippen molar-refractivity contribution in [1.82, 2.24) is 3.97 Å². The molecule has 0 aliphatic heterocycles. The minimum absolute atomic E-state index is 0. The van der Waals surface area contributed by atoms with E-state index in [1.807, 2.05) is 0 Å². The van der Waals surface area contributed by atoms with Crippen LogP contribution in [0.1, 0.15) is 0 Å². The van der Waals surface area contributed by atoms with Crippen molar-refractivity contribution in [3.05, 3.63) is 18.7 Å². The molecule has 0 bridgehead atoms. The van der Waals surface area contributed by atoms with E-state index in [0.29, 0.717) is 0 Å². The van der Waals surface area contributed by atoms with Gasteiger partial charge in [-0.05, 0) is 0 Å². The molecule has 0 fully saturated rings. The molecule has 1 rings (SSSR count). The highest BCUT2D eigenvalue weighted by molar-refractivity contribution is 7.89. The van der Waals surface area contributed by atoms with Crippen LogP contribution in [0.5, 0.6) is 0 Å². The second kappa shape index (κ2) is 3.23. The molecule has 0 atom stereocenters. The molecule has 64 valence electrons. The molecule has 0 radical (unpaired) electrons. The van der Waals surface area contributed by atoms with E-state index in [0.717, 1.165) is 10.2 Å². The quantitative estimate of drug-likeness (QED) is 0.432. The Morgan fingerprint density at radius 1 is 1.45 bits per heavy atom. The molecular formula is C5H9ClN2O2S. The van der Waals surface area contributed by atoms with E-state index in [-0.39, 0.29) is 12.4 Å². The lowest BCUT2D eigenvalue weighted by molar-refractivity contribution is -0.670. The first-order valence-corrected chi connectivity index (χ1v) is 4.59. The molecule has 0 aliphatic carbocycles. The summed E-state index contributed by atoms with van der Waals surface area (Å²) in [6.07, 6.45) is 5.82. The lowest BCUT2D eigenvalue weighted by Crippen LogP contribution is -3.00. The number of halogens is 1. The normalized spacial score (nSPS) is 10.7. The van der Waals surface area contributed by atoms with Crippen LogP contribution in [0.3, 0.4) is 0 Å². The molecule has 11 heavy (non-hydrogen) atoms. The maximum atomic E-state index is 10.8. The summed E-state index contributed by atoms with van der Waals surface area (Å²) in [5.74, 6) is 0. The Morgan fingerprint density at radius 2 is 2.00 bits per heavy atom. The van der Waals surface area contributed by atoms with Crippen LogP contribution in [-0.2, 0) is 17.1 Å². The second-order valence-electron chi connectivity index (χ2n) is 2.17. The molecule has 0 aliphatic rings. The summed E-state index contributed by atoms with van der Waals surface area (Å²) in [5, 5.41) is 0. The van der Waals surface area contributed by atoms with E-state index in [2.05, 4.69) is 0 Å². The first-order chi connectivity index (χ1) is 4.50. The average molecular weight is 197 g/mol. The van der Waals surface area contributed by atoms with E-state index in [9.17, 15) is 8.42 Å². The van der Waals surface area contributed by atoms with Crippen molar-refractivity contribution in [1.29, 1.82) is 0 Å². The molecule has 0 N–H and O–H groups in total. The molecule has 1 aromatic heterocycles. The van der Waals surface area contributed by atoms with Gasteiger partial charge in [-0.1, -0.05) is 0 Å². The summed E-state index contributed by atoms with van der Waals surface area (Å²) in [6, 6.07) is 0. The lowest BCUT2D eigenvalue weighted by atomic mass is 10.9. The van der Waals surface area contributed by atoms with Crippen molar-refractivity contribution in [3.8, 4) is 0 Å². The van der Waals surface area contributed by atoms with Crippen LogP contribution in [0.15, 0.2) is 18.7 Å². The third-order valence-corrected chi connectivity index (χ3v) is 2.11. The Balaban J connectivity index is 0.000001000. The highest BCUT2D eigenvalue weighted by atomic mass is 35.5. The van der Waals surface area contributed by atoms with Gasteiger partial charge in [0.1, 0.15) is 12.4 Å². The number of aryl methyl sites for hydroxylation is 1. The van der Waals surface area contributed by atoms with E-state index in [1.165, 1.54) is 12.5 Å².